The van der Waals surface area contributed by atoms with Gasteiger partial charge in [0, 0.05) is 0 Å². The van der Waals surface area contributed by atoms with Gasteiger partial charge in [-0.15, -0.1) is 0 Å². The second-order valence-corrected chi connectivity index (χ2v) is 9.98. The van der Waals surface area contributed by atoms with Gasteiger partial charge in [-0.1, -0.05) is 40.5 Å². The first kappa shape index (κ1) is 24.0. The Bertz CT molecular complexity index is 1140. The molecule has 12 heteroatoms. The highest BCUT2D eigenvalue weighted by atomic mass is 32.2. The molecule has 0 aliphatic heterocycles. The Hall–Kier alpha value is -3.25. The van der Waals surface area contributed by atoms with Crippen molar-refractivity contribution in [3.8, 4) is 0 Å². The maximum atomic E-state index is 12.3. The summed E-state index contributed by atoms with van der Waals surface area (Å²) in [4.78, 5) is 4.10. The molecule has 2 aromatic rings. The Kier molecular flexibility index (Phi) is 7.52. The standard InChI is InChI=1S/C19H23N5O5S2/c1-13-5-9-17(10-6-13)30(26,27)23-20-15(3)19(22-25)16(4)21-24-31(28,29)18-11-7-14(2)8-12-18/h5-12,23-25H,1-4H3/b20-15-,21-16-. The van der Waals surface area contributed by atoms with Crippen LogP contribution in [0.2, 0.25) is 0 Å². The van der Waals surface area contributed by atoms with Crippen molar-refractivity contribution in [2.24, 2.45) is 15.4 Å². The van der Waals surface area contributed by atoms with Crippen molar-refractivity contribution >= 4 is 37.2 Å². The Morgan fingerprint density at radius 2 is 1.03 bits per heavy atom. The van der Waals surface area contributed by atoms with Crippen LogP contribution in [-0.2, 0) is 20.0 Å². The van der Waals surface area contributed by atoms with Crippen molar-refractivity contribution in [2.75, 3.05) is 0 Å². The van der Waals surface area contributed by atoms with Crippen LogP contribution in [0.1, 0.15) is 25.0 Å². The number of hydrogen-bond acceptors (Lipinski definition) is 8. The minimum Gasteiger partial charge on any atom is -0.410 e. The molecule has 0 heterocycles. The van der Waals surface area contributed by atoms with Gasteiger partial charge in [-0.05, 0) is 52.0 Å². The van der Waals surface area contributed by atoms with E-state index < -0.39 is 20.0 Å². The molecular formula is C19H23N5O5S2. The number of rotatable bonds is 8. The summed E-state index contributed by atoms with van der Waals surface area (Å²) in [7, 11) is -7.88. The van der Waals surface area contributed by atoms with Gasteiger partial charge in [0.15, 0.2) is 0 Å². The molecule has 2 rings (SSSR count). The summed E-state index contributed by atoms with van der Waals surface area (Å²) < 4.78 is 49.3. The summed E-state index contributed by atoms with van der Waals surface area (Å²) in [6, 6.07) is 12.3. The van der Waals surface area contributed by atoms with E-state index in [9.17, 15) is 22.0 Å². The largest absolute Gasteiger partial charge is 0.410 e. The van der Waals surface area contributed by atoms with Crippen LogP contribution >= 0.6 is 0 Å². The molecule has 10 nitrogen and oxygen atoms in total. The Morgan fingerprint density at radius 3 is 1.32 bits per heavy atom. The fourth-order valence-electron chi connectivity index (χ4n) is 2.31. The van der Waals surface area contributed by atoms with Gasteiger partial charge in [-0.25, -0.2) is 0 Å². The van der Waals surface area contributed by atoms with Gasteiger partial charge in [0.25, 0.3) is 20.0 Å². The number of oxime groups is 1. The van der Waals surface area contributed by atoms with E-state index in [4.69, 9.17) is 0 Å². The lowest BCUT2D eigenvalue weighted by Crippen LogP contribution is -2.28. The summed E-state index contributed by atoms with van der Waals surface area (Å²) in [6.45, 7) is 6.40. The lowest BCUT2D eigenvalue weighted by Gasteiger charge is -2.08. The molecule has 0 saturated carbocycles. The molecule has 0 atom stereocenters. The molecule has 3 N–H and O–H groups in total. The average Bonchev–Trinajstić information content (AvgIpc) is 2.72. The van der Waals surface area contributed by atoms with Gasteiger partial charge in [-0.3, -0.25) is 0 Å². The molecule has 0 aromatic heterocycles. The van der Waals surface area contributed by atoms with Crippen LogP contribution in [0, 0.1) is 13.8 Å². The Balaban J connectivity index is 2.17. The first-order chi connectivity index (χ1) is 14.5. The van der Waals surface area contributed by atoms with E-state index >= 15 is 0 Å². The third-order valence-electron chi connectivity index (χ3n) is 4.12. The van der Waals surface area contributed by atoms with Gasteiger partial charge in [0.2, 0.25) is 0 Å². The highest BCUT2D eigenvalue weighted by Crippen LogP contribution is 2.11. The van der Waals surface area contributed by atoms with Crippen molar-refractivity contribution in [2.45, 2.75) is 37.5 Å². The van der Waals surface area contributed by atoms with E-state index in [0.717, 1.165) is 11.1 Å². The molecule has 0 aliphatic rings. The molecule has 0 aliphatic carbocycles. The lowest BCUT2D eigenvalue weighted by atomic mass is 10.2. The SMILES string of the molecule is C/C(=N/NS(=O)(=O)c1ccc(C)cc1)C(=NO)/C(C)=N\NS(=O)(=O)c1ccc(C)cc1. The number of hydrazone groups is 2. The molecule has 0 bridgehead atoms. The van der Waals surface area contributed by atoms with Crippen molar-refractivity contribution in [1.82, 2.24) is 9.66 Å². The third kappa shape index (κ3) is 6.36. The minimum atomic E-state index is -3.94. The van der Waals surface area contributed by atoms with E-state index in [1.165, 1.54) is 38.1 Å². The van der Waals surface area contributed by atoms with Crippen molar-refractivity contribution in [1.29, 1.82) is 0 Å². The number of aryl methyl sites for hydroxylation is 2. The number of nitrogens with one attached hydrogen (secondary N) is 2. The van der Waals surface area contributed by atoms with E-state index in [1.54, 1.807) is 24.3 Å². The fourth-order valence-corrected chi connectivity index (χ4v) is 4.02. The van der Waals surface area contributed by atoms with E-state index in [-0.39, 0.29) is 26.9 Å². The second-order valence-electron chi connectivity index (χ2n) is 6.66. The van der Waals surface area contributed by atoms with Crippen LogP contribution in [0.5, 0.6) is 0 Å². The molecule has 0 saturated heterocycles. The van der Waals surface area contributed by atoms with Gasteiger partial charge in [-0.2, -0.15) is 36.7 Å². The van der Waals surface area contributed by atoms with Gasteiger partial charge < -0.3 is 5.21 Å². The summed E-state index contributed by atoms with van der Waals surface area (Å²) in [5.41, 5.74) is 1.52. The average molecular weight is 466 g/mol. The molecule has 0 amide bonds. The van der Waals surface area contributed by atoms with Crippen LogP contribution in [0.15, 0.2) is 73.7 Å². The predicted molar refractivity (Wildman–Crippen MR) is 118 cm³/mol. The highest BCUT2D eigenvalue weighted by Gasteiger charge is 2.17. The van der Waals surface area contributed by atoms with Crippen LogP contribution in [0.3, 0.4) is 0 Å². The maximum absolute atomic E-state index is 12.3. The Morgan fingerprint density at radius 1 is 0.710 bits per heavy atom. The predicted octanol–water partition coefficient (Wildman–Crippen LogP) is 2.14. The zero-order valence-corrected chi connectivity index (χ0v) is 19.0. The molecular weight excluding hydrogens is 442 g/mol. The number of sulfonamides is 2. The number of benzene rings is 2. The second kappa shape index (κ2) is 9.71. The molecule has 0 spiro atoms. The molecule has 2 aromatic carbocycles. The number of nitrogens with zero attached hydrogens (tertiary/aromatic N) is 3. The van der Waals surface area contributed by atoms with Gasteiger partial charge >= 0.3 is 0 Å². The monoisotopic (exact) mass is 465 g/mol. The molecule has 0 radical (unpaired) electrons. The van der Waals surface area contributed by atoms with Gasteiger partial charge in [0.05, 0.1) is 21.2 Å². The van der Waals surface area contributed by atoms with Gasteiger partial charge in [0.1, 0.15) is 5.71 Å². The van der Waals surface area contributed by atoms with Crippen molar-refractivity contribution in [3.05, 3.63) is 59.7 Å². The van der Waals surface area contributed by atoms with Crippen molar-refractivity contribution < 1.29 is 22.0 Å². The third-order valence-corrected chi connectivity index (χ3v) is 6.56. The van der Waals surface area contributed by atoms with E-state index in [1.807, 2.05) is 23.5 Å². The molecule has 31 heavy (non-hydrogen) atoms. The van der Waals surface area contributed by atoms with E-state index in [2.05, 4.69) is 15.4 Å². The quantitative estimate of drug-likeness (QED) is 0.310. The highest BCUT2D eigenvalue weighted by molar-refractivity contribution is 7.89. The van der Waals surface area contributed by atoms with Crippen LogP contribution in [-0.4, -0.2) is 39.2 Å². The summed E-state index contributed by atoms with van der Waals surface area (Å²) >= 11 is 0. The summed E-state index contributed by atoms with van der Waals surface area (Å²) in [6.07, 6.45) is 0. The zero-order valence-electron chi connectivity index (χ0n) is 17.4. The fraction of sp³-hybridized carbons (Fsp3) is 0.211. The first-order valence-electron chi connectivity index (χ1n) is 8.94. The molecule has 0 fully saturated rings. The lowest BCUT2D eigenvalue weighted by molar-refractivity contribution is 0.321. The Labute approximate surface area is 181 Å². The zero-order chi connectivity index (χ0) is 23.2. The van der Waals surface area contributed by atoms with Crippen LogP contribution < -0.4 is 9.66 Å². The summed E-state index contributed by atoms with van der Waals surface area (Å²) in [5, 5.41) is 19.8. The minimum absolute atomic E-state index is 0.00776. The van der Waals surface area contributed by atoms with Crippen LogP contribution in [0.25, 0.3) is 0 Å². The first-order valence-corrected chi connectivity index (χ1v) is 11.9. The maximum Gasteiger partial charge on any atom is 0.276 e. The number of hydrogen-bond donors (Lipinski definition) is 3. The smallest absolute Gasteiger partial charge is 0.276 e. The summed E-state index contributed by atoms with van der Waals surface area (Å²) in [5.74, 6) is 0. The normalized spacial score (nSPS) is 12.9. The molecule has 0 unspecified atom stereocenters. The van der Waals surface area contributed by atoms with Crippen molar-refractivity contribution in [3.63, 3.8) is 0 Å². The van der Waals surface area contributed by atoms with Crippen LogP contribution in [0.4, 0.5) is 0 Å². The molecule has 166 valence electrons. The van der Waals surface area contributed by atoms with E-state index in [0.29, 0.717) is 0 Å². The topological polar surface area (TPSA) is 150 Å².